The highest BCUT2D eigenvalue weighted by molar-refractivity contribution is 5.87. The highest BCUT2D eigenvalue weighted by atomic mass is 16.5. The highest BCUT2D eigenvalue weighted by Crippen LogP contribution is 2.20. The fourth-order valence-electron chi connectivity index (χ4n) is 1.60. The molecule has 1 heterocycles. The van der Waals surface area contributed by atoms with E-state index in [2.05, 4.69) is 14.7 Å². The quantitative estimate of drug-likeness (QED) is 0.788. The number of esters is 1. The van der Waals surface area contributed by atoms with Gasteiger partial charge in [-0.15, -0.1) is 0 Å². The van der Waals surface area contributed by atoms with Crippen LogP contribution in [0.25, 0.3) is 11.3 Å². The lowest BCUT2D eigenvalue weighted by Crippen LogP contribution is -2.05. The van der Waals surface area contributed by atoms with Crippen molar-refractivity contribution in [2.75, 3.05) is 13.7 Å². The Balaban J connectivity index is 2.28. The Hall–Kier alpha value is -2.43. The van der Waals surface area contributed by atoms with Crippen molar-refractivity contribution in [3.8, 4) is 17.0 Å². The van der Waals surface area contributed by atoms with Gasteiger partial charge in [-0.25, -0.2) is 9.78 Å². The number of aromatic nitrogens is 2. The number of carbonyl (C=O) groups is 1. The van der Waals surface area contributed by atoms with E-state index in [1.165, 1.54) is 13.3 Å². The summed E-state index contributed by atoms with van der Waals surface area (Å²) in [5.74, 6) is 0.295. The summed E-state index contributed by atoms with van der Waals surface area (Å²) >= 11 is 0. The van der Waals surface area contributed by atoms with Crippen LogP contribution >= 0.6 is 0 Å². The Kier molecular flexibility index (Phi) is 4.07. The topological polar surface area (TPSA) is 61.3 Å². The lowest BCUT2D eigenvalue weighted by atomic mass is 10.1. The summed E-state index contributed by atoms with van der Waals surface area (Å²) in [6, 6.07) is 7.45. The maximum absolute atomic E-state index is 11.4. The van der Waals surface area contributed by atoms with Gasteiger partial charge in [0.15, 0.2) is 5.69 Å². The van der Waals surface area contributed by atoms with E-state index in [0.717, 1.165) is 11.3 Å². The van der Waals surface area contributed by atoms with E-state index in [9.17, 15) is 4.79 Å². The molecule has 1 aromatic carbocycles. The molecule has 2 aromatic rings. The van der Waals surface area contributed by atoms with Gasteiger partial charge in [0.1, 0.15) is 5.75 Å². The molecular formula is C14H14N2O3. The van der Waals surface area contributed by atoms with Crippen LogP contribution in [-0.2, 0) is 4.74 Å². The minimum Gasteiger partial charge on any atom is -0.494 e. The molecular weight excluding hydrogens is 244 g/mol. The molecule has 0 unspecified atom stereocenters. The van der Waals surface area contributed by atoms with Crippen molar-refractivity contribution in [2.24, 2.45) is 0 Å². The van der Waals surface area contributed by atoms with Crippen LogP contribution in [0, 0.1) is 0 Å². The third kappa shape index (κ3) is 3.07. The highest BCUT2D eigenvalue weighted by Gasteiger charge is 2.09. The molecule has 98 valence electrons. The van der Waals surface area contributed by atoms with Crippen molar-refractivity contribution in [1.82, 2.24) is 9.97 Å². The maximum Gasteiger partial charge on any atom is 0.358 e. The molecule has 0 N–H and O–H groups in total. The summed E-state index contributed by atoms with van der Waals surface area (Å²) in [7, 11) is 1.31. The maximum atomic E-state index is 11.4. The first-order chi connectivity index (χ1) is 9.24. The minimum atomic E-state index is -0.500. The van der Waals surface area contributed by atoms with Crippen LogP contribution in [-0.4, -0.2) is 29.7 Å². The number of rotatable bonds is 4. The molecule has 0 aliphatic rings. The Bertz CT molecular complexity index is 567. The smallest absolute Gasteiger partial charge is 0.358 e. The number of benzene rings is 1. The second-order valence-electron chi connectivity index (χ2n) is 3.74. The Morgan fingerprint density at radius 1 is 1.21 bits per heavy atom. The summed E-state index contributed by atoms with van der Waals surface area (Å²) in [6.07, 6.45) is 2.98. The van der Waals surface area contributed by atoms with Gasteiger partial charge in [-0.2, -0.15) is 0 Å². The molecule has 0 amide bonds. The lowest BCUT2D eigenvalue weighted by molar-refractivity contribution is 0.0593. The molecule has 2 rings (SSSR count). The van der Waals surface area contributed by atoms with E-state index < -0.39 is 5.97 Å². The van der Waals surface area contributed by atoms with Crippen LogP contribution in [0.3, 0.4) is 0 Å². The van der Waals surface area contributed by atoms with Crippen LogP contribution in [0.5, 0.6) is 5.75 Å². The molecule has 0 radical (unpaired) electrons. The Morgan fingerprint density at radius 2 is 1.95 bits per heavy atom. The predicted octanol–water partition coefficient (Wildman–Crippen LogP) is 2.33. The van der Waals surface area contributed by atoms with Gasteiger partial charge in [-0.3, -0.25) is 4.98 Å². The fraction of sp³-hybridized carbons (Fsp3) is 0.214. The first-order valence-corrected chi connectivity index (χ1v) is 5.88. The summed E-state index contributed by atoms with van der Waals surface area (Å²) in [5.41, 5.74) is 1.67. The molecule has 0 saturated heterocycles. The first-order valence-electron chi connectivity index (χ1n) is 5.88. The minimum absolute atomic E-state index is 0.189. The van der Waals surface area contributed by atoms with E-state index in [4.69, 9.17) is 4.74 Å². The molecule has 1 aromatic heterocycles. The molecule has 5 nitrogen and oxygen atoms in total. The molecule has 0 fully saturated rings. The van der Waals surface area contributed by atoms with Crippen LogP contribution in [0.1, 0.15) is 17.4 Å². The second-order valence-corrected chi connectivity index (χ2v) is 3.74. The fourth-order valence-corrected chi connectivity index (χ4v) is 1.60. The zero-order chi connectivity index (χ0) is 13.7. The lowest BCUT2D eigenvalue weighted by Gasteiger charge is -2.05. The number of ether oxygens (including phenoxy) is 2. The van der Waals surface area contributed by atoms with Crippen molar-refractivity contribution in [3.63, 3.8) is 0 Å². The van der Waals surface area contributed by atoms with Gasteiger partial charge in [-0.1, -0.05) is 0 Å². The zero-order valence-corrected chi connectivity index (χ0v) is 10.8. The van der Waals surface area contributed by atoms with Crippen molar-refractivity contribution >= 4 is 5.97 Å². The number of nitrogens with zero attached hydrogens (tertiary/aromatic N) is 2. The Labute approximate surface area is 111 Å². The van der Waals surface area contributed by atoms with E-state index >= 15 is 0 Å². The summed E-state index contributed by atoms with van der Waals surface area (Å²) < 4.78 is 9.98. The average molecular weight is 258 g/mol. The molecule has 0 atom stereocenters. The summed E-state index contributed by atoms with van der Waals surface area (Å²) in [6.45, 7) is 2.55. The van der Waals surface area contributed by atoms with Crippen molar-refractivity contribution in [3.05, 3.63) is 42.4 Å². The Morgan fingerprint density at radius 3 is 2.58 bits per heavy atom. The number of methoxy groups -OCH3 is 1. The van der Waals surface area contributed by atoms with Gasteiger partial charge >= 0.3 is 5.97 Å². The monoisotopic (exact) mass is 258 g/mol. The summed E-state index contributed by atoms with van der Waals surface area (Å²) in [4.78, 5) is 19.6. The number of carbonyl (C=O) groups excluding carboxylic acids is 1. The third-order valence-electron chi connectivity index (χ3n) is 2.49. The summed E-state index contributed by atoms with van der Waals surface area (Å²) in [5, 5.41) is 0. The van der Waals surface area contributed by atoms with Gasteiger partial charge < -0.3 is 9.47 Å². The molecule has 0 spiro atoms. The molecule has 0 aliphatic heterocycles. The van der Waals surface area contributed by atoms with Gasteiger partial charge in [0.2, 0.25) is 0 Å². The van der Waals surface area contributed by atoms with Gasteiger partial charge in [0.05, 0.1) is 31.8 Å². The molecule has 0 bridgehead atoms. The normalized spacial score (nSPS) is 10.0. The molecule has 0 saturated carbocycles. The van der Waals surface area contributed by atoms with Crippen LogP contribution in [0.15, 0.2) is 36.7 Å². The van der Waals surface area contributed by atoms with Crippen LogP contribution < -0.4 is 4.74 Å². The largest absolute Gasteiger partial charge is 0.494 e. The predicted molar refractivity (Wildman–Crippen MR) is 70.0 cm³/mol. The standard InChI is InChI=1S/C14H14N2O3/c1-3-19-11-6-4-10(5-7-11)12-8-15-9-13(16-12)14(17)18-2/h4-9H,3H2,1-2H3. The van der Waals surface area contributed by atoms with Crippen LogP contribution in [0.2, 0.25) is 0 Å². The number of hydrogen-bond donors (Lipinski definition) is 0. The van der Waals surface area contributed by atoms with E-state index in [0.29, 0.717) is 12.3 Å². The zero-order valence-electron chi connectivity index (χ0n) is 10.8. The third-order valence-corrected chi connectivity index (χ3v) is 2.49. The molecule has 0 aliphatic carbocycles. The van der Waals surface area contributed by atoms with Gasteiger partial charge in [0.25, 0.3) is 0 Å². The van der Waals surface area contributed by atoms with Crippen molar-refractivity contribution < 1.29 is 14.3 Å². The second kappa shape index (κ2) is 5.95. The molecule has 19 heavy (non-hydrogen) atoms. The van der Waals surface area contributed by atoms with E-state index in [-0.39, 0.29) is 5.69 Å². The van der Waals surface area contributed by atoms with Crippen LogP contribution in [0.4, 0.5) is 0 Å². The number of hydrogen-bond acceptors (Lipinski definition) is 5. The first kappa shape index (κ1) is 13.0. The SMILES string of the molecule is CCOc1ccc(-c2cncc(C(=O)OC)n2)cc1. The van der Waals surface area contributed by atoms with E-state index in [1.54, 1.807) is 6.20 Å². The molecule has 5 heteroatoms. The van der Waals surface area contributed by atoms with Gasteiger partial charge in [-0.05, 0) is 31.2 Å². The average Bonchev–Trinajstić information content (AvgIpc) is 2.48. The van der Waals surface area contributed by atoms with Crippen molar-refractivity contribution in [1.29, 1.82) is 0 Å². The van der Waals surface area contributed by atoms with Crippen molar-refractivity contribution in [2.45, 2.75) is 6.92 Å². The van der Waals surface area contributed by atoms with Gasteiger partial charge in [0, 0.05) is 5.56 Å². The van der Waals surface area contributed by atoms with E-state index in [1.807, 2.05) is 31.2 Å².